The van der Waals surface area contributed by atoms with Gasteiger partial charge in [-0.25, -0.2) is 8.42 Å². The smallest absolute Gasteiger partial charge is 0.352 e. The molecule has 0 saturated carbocycles. The van der Waals surface area contributed by atoms with Crippen LogP contribution in [0.2, 0.25) is 10.0 Å². The van der Waals surface area contributed by atoms with Crippen molar-refractivity contribution in [1.29, 1.82) is 0 Å². The molecule has 2 aromatic rings. The summed E-state index contributed by atoms with van der Waals surface area (Å²) in [6, 6.07) is 5.82. The number of amides is 2. The predicted octanol–water partition coefficient (Wildman–Crippen LogP) is 4.56. The van der Waals surface area contributed by atoms with Gasteiger partial charge in [0.05, 0.1) is 16.2 Å². The first-order chi connectivity index (χ1) is 19.2. The van der Waals surface area contributed by atoms with Crippen molar-refractivity contribution < 1.29 is 31.2 Å². The average molecular weight is 638 g/mol. The third-order valence-electron chi connectivity index (χ3n) is 6.80. The molecule has 1 atom stereocenters. The third kappa shape index (κ3) is 9.05. The van der Waals surface area contributed by atoms with Crippen LogP contribution in [0.3, 0.4) is 0 Å². The molecule has 1 aliphatic rings. The Bertz CT molecular complexity index is 1370. The van der Waals surface area contributed by atoms with Crippen LogP contribution < -0.4 is 16.4 Å². The van der Waals surface area contributed by atoms with E-state index in [0.29, 0.717) is 38.9 Å². The SMILES string of the molecule is CCS(=O)(=O)c1ccc(Cl)cc1CNC(=O)c1cc(Cl)c(CN2CCC[C@H](NC(=O)CCCN)C2)c(C(F)(F)F)c1. The van der Waals surface area contributed by atoms with Crippen LogP contribution in [0.25, 0.3) is 0 Å². The van der Waals surface area contributed by atoms with Gasteiger partial charge >= 0.3 is 6.18 Å². The summed E-state index contributed by atoms with van der Waals surface area (Å²) in [5, 5.41) is 5.40. The molecule has 0 aromatic heterocycles. The predicted molar refractivity (Wildman–Crippen MR) is 152 cm³/mol. The van der Waals surface area contributed by atoms with Crippen LogP contribution in [-0.2, 0) is 33.9 Å². The van der Waals surface area contributed by atoms with E-state index in [1.165, 1.54) is 31.2 Å². The number of benzene rings is 2. The molecule has 3 rings (SSSR count). The molecule has 1 saturated heterocycles. The fourth-order valence-corrected chi connectivity index (χ4v) is 6.30. The van der Waals surface area contributed by atoms with Crippen LogP contribution >= 0.6 is 23.2 Å². The number of sulfone groups is 1. The Morgan fingerprint density at radius 3 is 2.56 bits per heavy atom. The lowest BCUT2D eigenvalue weighted by molar-refractivity contribution is -0.138. The van der Waals surface area contributed by atoms with Crippen molar-refractivity contribution in [3.05, 3.63) is 62.6 Å². The minimum absolute atomic E-state index is 0.0236. The molecular weight excluding hydrogens is 604 g/mol. The van der Waals surface area contributed by atoms with Gasteiger partial charge in [-0.15, -0.1) is 0 Å². The summed E-state index contributed by atoms with van der Waals surface area (Å²) >= 11 is 12.3. The number of likely N-dealkylation sites (tertiary alicyclic amines) is 1. The minimum Gasteiger partial charge on any atom is -0.352 e. The zero-order valence-corrected chi connectivity index (χ0v) is 24.8. The van der Waals surface area contributed by atoms with E-state index in [0.717, 1.165) is 6.07 Å². The number of nitrogens with two attached hydrogens (primary N) is 1. The van der Waals surface area contributed by atoms with E-state index in [9.17, 15) is 31.2 Å². The van der Waals surface area contributed by atoms with Gasteiger partial charge in [0, 0.05) is 47.7 Å². The molecule has 2 amide bonds. The number of carbonyl (C=O) groups is 2. The molecule has 0 unspecified atom stereocenters. The van der Waals surface area contributed by atoms with Gasteiger partial charge in [0.2, 0.25) is 5.91 Å². The molecule has 8 nitrogen and oxygen atoms in total. The van der Waals surface area contributed by atoms with Crippen molar-refractivity contribution in [2.45, 2.75) is 62.8 Å². The molecule has 226 valence electrons. The highest BCUT2D eigenvalue weighted by Crippen LogP contribution is 2.37. The molecule has 1 aliphatic heterocycles. The Balaban J connectivity index is 1.80. The molecule has 1 fully saturated rings. The number of hydrogen-bond donors (Lipinski definition) is 3. The van der Waals surface area contributed by atoms with Gasteiger partial charge in [0.15, 0.2) is 9.84 Å². The van der Waals surface area contributed by atoms with Gasteiger partial charge in [0.1, 0.15) is 0 Å². The Labute approximate surface area is 247 Å². The number of halogens is 5. The monoisotopic (exact) mass is 636 g/mol. The van der Waals surface area contributed by atoms with Crippen molar-refractivity contribution in [1.82, 2.24) is 15.5 Å². The summed E-state index contributed by atoms with van der Waals surface area (Å²) < 4.78 is 67.3. The maximum atomic E-state index is 14.2. The largest absolute Gasteiger partial charge is 0.416 e. The Morgan fingerprint density at radius 2 is 1.90 bits per heavy atom. The van der Waals surface area contributed by atoms with E-state index in [1.807, 2.05) is 0 Å². The van der Waals surface area contributed by atoms with Crippen LogP contribution in [0.4, 0.5) is 13.2 Å². The van der Waals surface area contributed by atoms with Gasteiger partial charge < -0.3 is 16.4 Å². The van der Waals surface area contributed by atoms with Crippen LogP contribution in [-0.4, -0.2) is 56.6 Å². The molecule has 0 aliphatic carbocycles. The number of hydrogen-bond acceptors (Lipinski definition) is 6. The average Bonchev–Trinajstić information content (AvgIpc) is 2.91. The van der Waals surface area contributed by atoms with Crippen LogP contribution in [0.15, 0.2) is 35.2 Å². The van der Waals surface area contributed by atoms with Crippen molar-refractivity contribution in [2.75, 3.05) is 25.4 Å². The molecule has 4 N–H and O–H groups in total. The fourth-order valence-electron chi connectivity index (χ4n) is 4.71. The molecule has 41 heavy (non-hydrogen) atoms. The second-order valence-corrected chi connectivity index (χ2v) is 12.9. The minimum atomic E-state index is -4.80. The van der Waals surface area contributed by atoms with Gasteiger partial charge in [-0.1, -0.05) is 30.1 Å². The molecule has 1 heterocycles. The van der Waals surface area contributed by atoms with Crippen molar-refractivity contribution in [3.8, 4) is 0 Å². The van der Waals surface area contributed by atoms with Gasteiger partial charge in [-0.3, -0.25) is 14.5 Å². The highest BCUT2D eigenvalue weighted by Gasteiger charge is 2.36. The van der Waals surface area contributed by atoms with E-state index < -0.39 is 27.5 Å². The number of nitrogens with one attached hydrogen (secondary N) is 2. The van der Waals surface area contributed by atoms with Crippen LogP contribution in [0, 0.1) is 0 Å². The Kier molecular flexibility index (Phi) is 11.5. The zero-order chi connectivity index (χ0) is 30.4. The van der Waals surface area contributed by atoms with E-state index in [1.54, 1.807) is 4.90 Å². The summed E-state index contributed by atoms with van der Waals surface area (Å²) in [6.07, 6.45) is -2.58. The summed E-state index contributed by atoms with van der Waals surface area (Å²) in [7, 11) is -3.64. The first kappa shape index (κ1) is 33.1. The van der Waals surface area contributed by atoms with E-state index in [2.05, 4.69) is 10.6 Å². The lowest BCUT2D eigenvalue weighted by atomic mass is 9.99. The number of nitrogens with zero attached hydrogens (tertiary/aromatic N) is 1. The van der Waals surface area contributed by atoms with Crippen molar-refractivity contribution >= 4 is 44.9 Å². The van der Waals surface area contributed by atoms with E-state index in [4.69, 9.17) is 28.9 Å². The lowest BCUT2D eigenvalue weighted by Crippen LogP contribution is -2.47. The summed E-state index contributed by atoms with van der Waals surface area (Å²) in [6.45, 7) is 2.34. The number of alkyl halides is 3. The van der Waals surface area contributed by atoms with Crippen LogP contribution in [0.5, 0.6) is 0 Å². The quantitative estimate of drug-likeness (QED) is 0.333. The fraction of sp³-hybridized carbons (Fsp3) is 0.481. The first-order valence-corrected chi connectivity index (χ1v) is 15.6. The number of carbonyl (C=O) groups excluding carboxylic acids is 2. The summed E-state index contributed by atoms with van der Waals surface area (Å²) in [5.41, 5.74) is 4.12. The maximum Gasteiger partial charge on any atom is 0.416 e. The number of piperidine rings is 1. The van der Waals surface area contributed by atoms with Crippen molar-refractivity contribution in [3.63, 3.8) is 0 Å². The summed E-state index contributed by atoms with van der Waals surface area (Å²) in [4.78, 5) is 26.8. The van der Waals surface area contributed by atoms with Gasteiger partial charge in [-0.2, -0.15) is 13.2 Å². The maximum absolute atomic E-state index is 14.2. The molecule has 14 heteroatoms. The number of rotatable bonds is 11. The van der Waals surface area contributed by atoms with Gasteiger partial charge in [0.25, 0.3) is 5.91 Å². The normalized spacial score (nSPS) is 16.4. The third-order valence-corrected chi connectivity index (χ3v) is 9.20. The highest BCUT2D eigenvalue weighted by atomic mass is 35.5. The molecular formula is C27H33Cl2F3N4O4S. The molecule has 0 radical (unpaired) electrons. The standard InChI is InChI=1S/C27H33Cl2F3N4O4S/c1-2-41(39,40)24-8-7-19(28)11-18(24)14-34-26(38)17-12-22(27(30,31)32)21(23(29)13-17)16-36-10-4-5-20(15-36)35-25(37)6-3-9-33/h7-8,11-13,20H,2-6,9-10,14-16,33H2,1H3,(H,34,38)(H,35,37)/t20-/m0/s1. The van der Waals surface area contributed by atoms with Crippen LogP contribution in [0.1, 0.15) is 59.7 Å². The zero-order valence-electron chi connectivity index (χ0n) is 22.5. The topological polar surface area (TPSA) is 122 Å². The highest BCUT2D eigenvalue weighted by molar-refractivity contribution is 7.91. The molecule has 2 aromatic carbocycles. The van der Waals surface area contributed by atoms with E-state index in [-0.39, 0.29) is 68.8 Å². The second kappa shape index (κ2) is 14.2. The van der Waals surface area contributed by atoms with Crippen molar-refractivity contribution in [2.24, 2.45) is 5.73 Å². The molecule has 0 spiro atoms. The van der Waals surface area contributed by atoms with Gasteiger partial charge in [-0.05, 0) is 73.8 Å². The Hall–Kier alpha value is -2.38. The summed E-state index contributed by atoms with van der Waals surface area (Å²) in [5.74, 6) is -1.19. The lowest BCUT2D eigenvalue weighted by Gasteiger charge is -2.34. The molecule has 0 bridgehead atoms. The Morgan fingerprint density at radius 1 is 1.17 bits per heavy atom. The van der Waals surface area contributed by atoms with E-state index >= 15 is 0 Å². The first-order valence-electron chi connectivity index (χ1n) is 13.2. The second-order valence-electron chi connectivity index (χ2n) is 9.85.